The molecule has 0 aromatic carbocycles. The highest BCUT2D eigenvalue weighted by atomic mass is 32.2. The predicted molar refractivity (Wildman–Crippen MR) is 71.7 cm³/mol. The SMILES string of the molecule is C=CCN(C)S(=O)(=O)c1csc(CNCC)c1. The summed E-state index contributed by atoms with van der Waals surface area (Å²) in [5, 5.41) is 4.85. The summed E-state index contributed by atoms with van der Waals surface area (Å²) in [6.07, 6.45) is 1.57. The Morgan fingerprint density at radius 3 is 2.88 bits per heavy atom. The fraction of sp³-hybridized carbons (Fsp3) is 0.455. The molecule has 0 bridgehead atoms. The molecule has 0 aliphatic carbocycles. The summed E-state index contributed by atoms with van der Waals surface area (Å²) in [7, 11) is -1.81. The third-order valence-electron chi connectivity index (χ3n) is 2.27. The molecule has 0 atom stereocenters. The number of hydrogen-bond acceptors (Lipinski definition) is 4. The van der Waals surface area contributed by atoms with Crippen LogP contribution in [-0.2, 0) is 16.6 Å². The van der Waals surface area contributed by atoms with Gasteiger partial charge in [-0.2, -0.15) is 4.31 Å². The van der Waals surface area contributed by atoms with Crippen molar-refractivity contribution in [3.63, 3.8) is 0 Å². The summed E-state index contributed by atoms with van der Waals surface area (Å²) >= 11 is 1.46. The van der Waals surface area contributed by atoms with Crippen LogP contribution in [-0.4, -0.2) is 32.9 Å². The minimum Gasteiger partial charge on any atom is -0.312 e. The molecule has 17 heavy (non-hydrogen) atoms. The molecule has 6 heteroatoms. The number of likely N-dealkylation sites (N-methyl/N-ethyl adjacent to an activating group) is 1. The predicted octanol–water partition coefficient (Wildman–Crippen LogP) is 1.66. The maximum Gasteiger partial charge on any atom is 0.243 e. The molecule has 0 radical (unpaired) electrons. The molecule has 4 nitrogen and oxygen atoms in total. The topological polar surface area (TPSA) is 49.4 Å². The van der Waals surface area contributed by atoms with Crippen LogP contribution in [0.4, 0.5) is 0 Å². The van der Waals surface area contributed by atoms with Crippen molar-refractivity contribution in [2.45, 2.75) is 18.4 Å². The molecular formula is C11H18N2O2S2. The van der Waals surface area contributed by atoms with Gasteiger partial charge in [-0.3, -0.25) is 0 Å². The lowest BCUT2D eigenvalue weighted by Crippen LogP contribution is -2.26. The molecular weight excluding hydrogens is 256 g/mol. The molecule has 0 aliphatic rings. The van der Waals surface area contributed by atoms with Crippen LogP contribution >= 0.6 is 11.3 Å². The zero-order chi connectivity index (χ0) is 12.9. The fourth-order valence-electron chi connectivity index (χ4n) is 1.30. The highest BCUT2D eigenvalue weighted by Crippen LogP contribution is 2.21. The second-order valence-electron chi connectivity index (χ2n) is 3.60. The fourth-order valence-corrected chi connectivity index (χ4v) is 3.67. The van der Waals surface area contributed by atoms with E-state index in [1.54, 1.807) is 24.6 Å². The molecule has 0 saturated heterocycles. The van der Waals surface area contributed by atoms with Crippen LogP contribution in [0, 0.1) is 0 Å². The smallest absolute Gasteiger partial charge is 0.243 e. The molecule has 1 rings (SSSR count). The Balaban J connectivity index is 2.84. The van der Waals surface area contributed by atoms with E-state index < -0.39 is 10.0 Å². The van der Waals surface area contributed by atoms with E-state index in [1.807, 2.05) is 6.92 Å². The summed E-state index contributed by atoms with van der Waals surface area (Å²) in [4.78, 5) is 1.39. The van der Waals surface area contributed by atoms with Gasteiger partial charge >= 0.3 is 0 Å². The first-order valence-electron chi connectivity index (χ1n) is 5.37. The molecule has 1 N–H and O–H groups in total. The normalized spacial score (nSPS) is 11.9. The van der Waals surface area contributed by atoms with Crippen LogP contribution in [0.3, 0.4) is 0 Å². The number of sulfonamides is 1. The summed E-state index contributed by atoms with van der Waals surface area (Å²) in [6, 6.07) is 1.72. The van der Waals surface area contributed by atoms with Gasteiger partial charge in [0, 0.05) is 30.4 Å². The van der Waals surface area contributed by atoms with Crippen molar-refractivity contribution in [2.24, 2.45) is 0 Å². The zero-order valence-electron chi connectivity index (χ0n) is 10.1. The summed E-state index contributed by atoms with van der Waals surface area (Å²) in [6.45, 7) is 7.46. The number of hydrogen-bond donors (Lipinski definition) is 1. The lowest BCUT2D eigenvalue weighted by Gasteiger charge is -2.13. The quantitative estimate of drug-likeness (QED) is 0.769. The lowest BCUT2D eigenvalue weighted by atomic mass is 10.4. The zero-order valence-corrected chi connectivity index (χ0v) is 11.8. The highest BCUT2D eigenvalue weighted by molar-refractivity contribution is 7.89. The van der Waals surface area contributed by atoms with E-state index in [0.717, 1.165) is 11.4 Å². The van der Waals surface area contributed by atoms with Gasteiger partial charge in [-0.15, -0.1) is 17.9 Å². The second-order valence-corrected chi connectivity index (χ2v) is 6.64. The van der Waals surface area contributed by atoms with Gasteiger partial charge in [-0.25, -0.2) is 8.42 Å². The Kier molecular flexibility index (Phi) is 5.32. The molecule has 0 spiro atoms. The van der Waals surface area contributed by atoms with Gasteiger partial charge in [0.2, 0.25) is 10.0 Å². The van der Waals surface area contributed by atoms with Gasteiger partial charge in [0.05, 0.1) is 4.90 Å². The molecule has 0 saturated carbocycles. The molecule has 0 amide bonds. The third kappa shape index (κ3) is 3.64. The van der Waals surface area contributed by atoms with Gasteiger partial charge in [-0.1, -0.05) is 13.0 Å². The van der Waals surface area contributed by atoms with Crippen LogP contribution < -0.4 is 5.32 Å². The van der Waals surface area contributed by atoms with Crippen molar-refractivity contribution in [2.75, 3.05) is 20.1 Å². The molecule has 1 aromatic heterocycles. The Labute approximate surface area is 107 Å². The number of rotatable bonds is 7. The van der Waals surface area contributed by atoms with Crippen LogP contribution in [0.1, 0.15) is 11.8 Å². The van der Waals surface area contributed by atoms with Crippen molar-refractivity contribution in [1.82, 2.24) is 9.62 Å². The first-order chi connectivity index (χ1) is 8.02. The third-order valence-corrected chi connectivity index (χ3v) is 5.16. The average molecular weight is 274 g/mol. The van der Waals surface area contributed by atoms with Gasteiger partial charge in [0.1, 0.15) is 0 Å². The van der Waals surface area contributed by atoms with Crippen molar-refractivity contribution in [3.05, 3.63) is 29.0 Å². The Hall–Kier alpha value is -0.690. The first-order valence-corrected chi connectivity index (χ1v) is 7.69. The Morgan fingerprint density at radius 1 is 1.59 bits per heavy atom. The van der Waals surface area contributed by atoms with Gasteiger partial charge in [0.25, 0.3) is 0 Å². The number of thiophene rings is 1. The van der Waals surface area contributed by atoms with Crippen molar-refractivity contribution < 1.29 is 8.42 Å². The van der Waals surface area contributed by atoms with Gasteiger partial charge in [-0.05, 0) is 12.6 Å². The highest BCUT2D eigenvalue weighted by Gasteiger charge is 2.20. The second kappa shape index (κ2) is 6.30. The summed E-state index contributed by atoms with van der Waals surface area (Å²) < 4.78 is 25.4. The van der Waals surface area contributed by atoms with E-state index in [2.05, 4.69) is 11.9 Å². The van der Waals surface area contributed by atoms with E-state index in [0.29, 0.717) is 18.0 Å². The van der Waals surface area contributed by atoms with Crippen LogP contribution in [0.15, 0.2) is 29.0 Å². The minimum absolute atomic E-state index is 0.320. The van der Waals surface area contributed by atoms with Crippen molar-refractivity contribution >= 4 is 21.4 Å². The first kappa shape index (κ1) is 14.4. The maximum atomic E-state index is 12.1. The molecule has 0 fully saturated rings. The Morgan fingerprint density at radius 2 is 2.29 bits per heavy atom. The Bertz CT molecular complexity index is 466. The average Bonchev–Trinajstić information content (AvgIpc) is 2.75. The van der Waals surface area contributed by atoms with Crippen LogP contribution in [0.5, 0.6) is 0 Å². The van der Waals surface area contributed by atoms with Crippen molar-refractivity contribution in [3.8, 4) is 0 Å². The van der Waals surface area contributed by atoms with Gasteiger partial charge < -0.3 is 5.32 Å². The number of nitrogens with zero attached hydrogens (tertiary/aromatic N) is 1. The maximum absolute atomic E-state index is 12.1. The molecule has 1 heterocycles. The molecule has 1 aromatic rings. The molecule has 0 unspecified atom stereocenters. The van der Waals surface area contributed by atoms with E-state index >= 15 is 0 Å². The summed E-state index contributed by atoms with van der Waals surface area (Å²) in [5.41, 5.74) is 0. The minimum atomic E-state index is -3.36. The number of nitrogens with one attached hydrogen (secondary N) is 1. The van der Waals surface area contributed by atoms with E-state index in [4.69, 9.17) is 0 Å². The summed E-state index contributed by atoms with van der Waals surface area (Å²) in [5.74, 6) is 0. The van der Waals surface area contributed by atoms with Crippen molar-refractivity contribution in [1.29, 1.82) is 0 Å². The lowest BCUT2D eigenvalue weighted by molar-refractivity contribution is 0.499. The van der Waals surface area contributed by atoms with Gasteiger partial charge in [0.15, 0.2) is 0 Å². The van der Waals surface area contributed by atoms with Crippen LogP contribution in [0.25, 0.3) is 0 Å². The molecule has 0 aliphatic heterocycles. The monoisotopic (exact) mass is 274 g/mol. The van der Waals surface area contributed by atoms with E-state index in [9.17, 15) is 8.42 Å². The van der Waals surface area contributed by atoms with Crippen LogP contribution in [0.2, 0.25) is 0 Å². The van der Waals surface area contributed by atoms with E-state index in [-0.39, 0.29) is 0 Å². The standard InChI is InChI=1S/C11H18N2O2S2/c1-4-6-13(3)17(14,15)11-7-10(16-9-11)8-12-5-2/h4,7,9,12H,1,5-6,8H2,2-3H3. The largest absolute Gasteiger partial charge is 0.312 e. The molecule has 96 valence electrons. The van der Waals surface area contributed by atoms with E-state index in [1.165, 1.54) is 15.6 Å².